The molecule has 4 nitrogen and oxygen atoms in total. The van der Waals surface area contributed by atoms with Crippen molar-refractivity contribution in [2.75, 3.05) is 39.6 Å². The lowest BCUT2D eigenvalue weighted by molar-refractivity contribution is -0.0198. The summed E-state index contributed by atoms with van der Waals surface area (Å²) < 4.78 is 16.6. The number of hydrogen-bond acceptors (Lipinski definition) is 4. The Kier molecular flexibility index (Phi) is 19.7. The number of ether oxygens (including phenoxy) is 3. The summed E-state index contributed by atoms with van der Waals surface area (Å²) in [7, 11) is 0. The normalized spacial score (nSPS) is 12.7. The average Bonchev–Trinajstić information content (AvgIpc) is 2.57. The fourth-order valence-electron chi connectivity index (χ4n) is 2.56. The van der Waals surface area contributed by atoms with Crippen molar-refractivity contribution in [1.29, 1.82) is 0 Å². The van der Waals surface area contributed by atoms with Gasteiger partial charge in [0.1, 0.15) is 0 Å². The second-order valence-corrected chi connectivity index (χ2v) is 6.14. The van der Waals surface area contributed by atoms with Crippen LogP contribution in [0.5, 0.6) is 0 Å². The average molecular weight is 333 g/mol. The Hall–Kier alpha value is -0.160. The second-order valence-electron chi connectivity index (χ2n) is 6.14. The first kappa shape index (κ1) is 22.8. The molecule has 0 aliphatic heterocycles. The first-order valence-electron chi connectivity index (χ1n) is 9.73. The quantitative estimate of drug-likeness (QED) is 0.358. The Morgan fingerprint density at radius 2 is 1.22 bits per heavy atom. The number of aliphatic hydroxyl groups is 1. The minimum Gasteiger partial charge on any atom is -0.394 e. The van der Waals surface area contributed by atoms with Crippen LogP contribution >= 0.6 is 0 Å². The molecule has 1 unspecified atom stereocenters. The largest absolute Gasteiger partial charge is 0.394 e. The van der Waals surface area contributed by atoms with Crippen LogP contribution in [0.3, 0.4) is 0 Å². The minimum absolute atomic E-state index is 0.0701. The summed E-state index contributed by atoms with van der Waals surface area (Å²) in [6.07, 6.45) is 13.3. The van der Waals surface area contributed by atoms with E-state index in [2.05, 4.69) is 13.8 Å². The van der Waals surface area contributed by atoms with Gasteiger partial charge in [-0.1, -0.05) is 65.2 Å². The first-order chi connectivity index (χ1) is 11.3. The van der Waals surface area contributed by atoms with E-state index in [4.69, 9.17) is 19.3 Å². The van der Waals surface area contributed by atoms with Crippen molar-refractivity contribution in [2.45, 2.75) is 84.2 Å². The highest BCUT2D eigenvalue weighted by atomic mass is 16.5. The Balaban J connectivity index is 3.54. The molecule has 0 fully saturated rings. The standard InChI is InChI=1S/C19H40O4/c1-3-5-7-8-9-10-12-19(11-6-4-2)23-18-17-22-16-15-21-14-13-20/h19-20H,3-18H2,1-2H3. The molecule has 0 aromatic carbocycles. The topological polar surface area (TPSA) is 47.9 Å². The summed E-state index contributed by atoms with van der Waals surface area (Å²) in [6, 6.07) is 0. The van der Waals surface area contributed by atoms with Crippen molar-refractivity contribution in [3.05, 3.63) is 0 Å². The zero-order chi connectivity index (χ0) is 17.0. The van der Waals surface area contributed by atoms with E-state index in [1.54, 1.807) is 0 Å². The molecule has 0 saturated carbocycles. The minimum atomic E-state index is 0.0701. The third-order valence-corrected chi connectivity index (χ3v) is 3.95. The van der Waals surface area contributed by atoms with Crippen LogP contribution in [0.25, 0.3) is 0 Å². The van der Waals surface area contributed by atoms with Crippen LogP contribution in [0.15, 0.2) is 0 Å². The van der Waals surface area contributed by atoms with Crippen LogP contribution in [-0.2, 0) is 14.2 Å². The van der Waals surface area contributed by atoms with Gasteiger partial charge in [-0.15, -0.1) is 0 Å². The first-order valence-corrected chi connectivity index (χ1v) is 9.73. The smallest absolute Gasteiger partial charge is 0.0704 e. The molecule has 0 aromatic heterocycles. The summed E-state index contributed by atoms with van der Waals surface area (Å²) in [4.78, 5) is 0. The summed E-state index contributed by atoms with van der Waals surface area (Å²) in [6.45, 7) is 7.36. The van der Waals surface area contributed by atoms with Crippen LogP contribution in [0.1, 0.15) is 78.1 Å². The van der Waals surface area contributed by atoms with E-state index in [1.165, 1.54) is 64.2 Å². The van der Waals surface area contributed by atoms with Crippen molar-refractivity contribution in [3.63, 3.8) is 0 Å². The van der Waals surface area contributed by atoms with Crippen molar-refractivity contribution in [2.24, 2.45) is 0 Å². The zero-order valence-electron chi connectivity index (χ0n) is 15.6. The molecule has 0 rings (SSSR count). The van der Waals surface area contributed by atoms with Gasteiger partial charge < -0.3 is 19.3 Å². The summed E-state index contributed by atoms with van der Waals surface area (Å²) in [5.41, 5.74) is 0. The highest BCUT2D eigenvalue weighted by Crippen LogP contribution is 2.15. The highest BCUT2D eigenvalue weighted by molar-refractivity contribution is 4.59. The molecule has 0 heterocycles. The van der Waals surface area contributed by atoms with Crippen molar-refractivity contribution in [3.8, 4) is 0 Å². The molecule has 23 heavy (non-hydrogen) atoms. The predicted molar refractivity (Wildman–Crippen MR) is 96.0 cm³/mol. The molecule has 0 amide bonds. The lowest BCUT2D eigenvalue weighted by Crippen LogP contribution is -2.17. The van der Waals surface area contributed by atoms with E-state index in [1.807, 2.05) is 0 Å². The molecular weight excluding hydrogens is 292 g/mol. The number of unbranched alkanes of at least 4 members (excludes halogenated alkanes) is 6. The Labute approximate surface area is 143 Å². The van der Waals surface area contributed by atoms with E-state index < -0.39 is 0 Å². The summed E-state index contributed by atoms with van der Waals surface area (Å²) >= 11 is 0. The third kappa shape index (κ3) is 18.0. The van der Waals surface area contributed by atoms with Crippen LogP contribution in [-0.4, -0.2) is 50.9 Å². The van der Waals surface area contributed by atoms with Gasteiger partial charge in [-0.2, -0.15) is 0 Å². The molecular formula is C19H40O4. The highest BCUT2D eigenvalue weighted by Gasteiger charge is 2.08. The summed E-state index contributed by atoms with van der Waals surface area (Å²) in [5, 5.41) is 8.58. The van der Waals surface area contributed by atoms with E-state index in [9.17, 15) is 0 Å². The monoisotopic (exact) mass is 332 g/mol. The Morgan fingerprint density at radius 3 is 1.91 bits per heavy atom. The van der Waals surface area contributed by atoms with Gasteiger partial charge in [0, 0.05) is 0 Å². The third-order valence-electron chi connectivity index (χ3n) is 3.95. The maximum atomic E-state index is 8.58. The number of aliphatic hydroxyl groups excluding tert-OH is 1. The van der Waals surface area contributed by atoms with Crippen molar-refractivity contribution < 1.29 is 19.3 Å². The van der Waals surface area contributed by atoms with Gasteiger partial charge >= 0.3 is 0 Å². The molecule has 0 aliphatic rings. The molecule has 1 atom stereocenters. The van der Waals surface area contributed by atoms with Crippen LogP contribution < -0.4 is 0 Å². The number of hydrogen-bond donors (Lipinski definition) is 1. The molecule has 0 spiro atoms. The molecule has 140 valence electrons. The summed E-state index contributed by atoms with van der Waals surface area (Å²) in [5.74, 6) is 0. The molecule has 0 aliphatic carbocycles. The SMILES string of the molecule is CCCCCCCCC(CCCC)OCCOCCOCCO. The Bertz CT molecular complexity index is 212. The van der Waals surface area contributed by atoms with Crippen LogP contribution in [0.4, 0.5) is 0 Å². The van der Waals surface area contributed by atoms with Crippen molar-refractivity contribution in [1.82, 2.24) is 0 Å². The van der Waals surface area contributed by atoms with E-state index in [0.717, 1.165) is 0 Å². The van der Waals surface area contributed by atoms with Crippen molar-refractivity contribution >= 4 is 0 Å². The fraction of sp³-hybridized carbons (Fsp3) is 1.00. The van der Waals surface area contributed by atoms with Crippen LogP contribution in [0.2, 0.25) is 0 Å². The molecule has 0 saturated heterocycles. The van der Waals surface area contributed by atoms with Gasteiger partial charge in [0.05, 0.1) is 45.7 Å². The van der Waals surface area contributed by atoms with Crippen LogP contribution in [0, 0.1) is 0 Å². The Morgan fingerprint density at radius 1 is 0.652 bits per heavy atom. The van der Waals surface area contributed by atoms with Gasteiger partial charge in [0.15, 0.2) is 0 Å². The molecule has 0 aromatic rings. The van der Waals surface area contributed by atoms with Gasteiger partial charge in [0.25, 0.3) is 0 Å². The molecule has 0 radical (unpaired) electrons. The van der Waals surface area contributed by atoms with Gasteiger partial charge in [-0.3, -0.25) is 0 Å². The maximum absolute atomic E-state index is 8.58. The van der Waals surface area contributed by atoms with E-state index in [0.29, 0.717) is 39.1 Å². The lowest BCUT2D eigenvalue weighted by Gasteiger charge is -2.18. The maximum Gasteiger partial charge on any atom is 0.0704 e. The van der Waals surface area contributed by atoms with Gasteiger partial charge in [-0.05, 0) is 12.8 Å². The van der Waals surface area contributed by atoms with E-state index >= 15 is 0 Å². The zero-order valence-corrected chi connectivity index (χ0v) is 15.6. The number of rotatable bonds is 19. The van der Waals surface area contributed by atoms with Gasteiger partial charge in [0.2, 0.25) is 0 Å². The van der Waals surface area contributed by atoms with E-state index in [-0.39, 0.29) is 6.61 Å². The predicted octanol–water partition coefficient (Wildman–Crippen LogP) is 4.34. The fourth-order valence-corrected chi connectivity index (χ4v) is 2.56. The molecule has 4 heteroatoms. The lowest BCUT2D eigenvalue weighted by atomic mass is 10.0. The van der Waals surface area contributed by atoms with Gasteiger partial charge in [-0.25, -0.2) is 0 Å². The second kappa shape index (κ2) is 19.9. The molecule has 0 bridgehead atoms. The molecule has 1 N–H and O–H groups in total.